The molecule has 0 saturated heterocycles. The maximum atomic E-state index is 5.74. The fourth-order valence-corrected chi connectivity index (χ4v) is 3.18. The van der Waals surface area contributed by atoms with Crippen molar-refractivity contribution >= 4 is 0 Å². The summed E-state index contributed by atoms with van der Waals surface area (Å²) in [5.41, 5.74) is 2.67. The number of methoxy groups -OCH3 is 1. The Morgan fingerprint density at radius 3 is 1.67 bits per heavy atom. The molecule has 0 aliphatic rings. The monoisotopic (exact) mass is 404 g/mol. The number of aryl methyl sites for hydroxylation is 1. The van der Waals surface area contributed by atoms with E-state index in [2.05, 4.69) is 42.5 Å². The van der Waals surface area contributed by atoms with Gasteiger partial charge in [-0.05, 0) is 42.5 Å². The Morgan fingerprint density at radius 2 is 1.07 bits per heavy atom. The molecule has 0 unspecified atom stereocenters. The molecular formula is C28H36O2. The average molecular weight is 405 g/mol. The molecule has 2 heteroatoms. The maximum Gasteiger partial charge on any atom is 0.118 e. The van der Waals surface area contributed by atoms with Crippen LogP contribution in [0.5, 0.6) is 5.75 Å². The van der Waals surface area contributed by atoms with E-state index in [1.165, 1.54) is 49.7 Å². The summed E-state index contributed by atoms with van der Waals surface area (Å²) in [5.74, 6) is 0.894. The van der Waals surface area contributed by atoms with Crippen molar-refractivity contribution in [3.8, 4) is 5.75 Å². The zero-order valence-corrected chi connectivity index (χ0v) is 18.3. The molecule has 0 atom stereocenters. The van der Waals surface area contributed by atoms with E-state index >= 15 is 0 Å². The van der Waals surface area contributed by atoms with Gasteiger partial charge in [-0.3, -0.25) is 0 Å². The van der Waals surface area contributed by atoms with Gasteiger partial charge in [-0.25, -0.2) is 0 Å². The van der Waals surface area contributed by atoms with Crippen molar-refractivity contribution in [3.05, 3.63) is 102 Å². The first-order valence-electron chi connectivity index (χ1n) is 11.1. The summed E-state index contributed by atoms with van der Waals surface area (Å²) >= 11 is 0. The number of hydrogen-bond acceptors (Lipinski definition) is 2. The molecule has 0 aromatic heterocycles. The zero-order chi connectivity index (χ0) is 21.1. The van der Waals surface area contributed by atoms with Gasteiger partial charge in [0.2, 0.25) is 0 Å². The van der Waals surface area contributed by atoms with Gasteiger partial charge >= 0.3 is 0 Å². The Balaban J connectivity index is 0.000000456. The van der Waals surface area contributed by atoms with E-state index < -0.39 is 0 Å². The van der Waals surface area contributed by atoms with Crippen LogP contribution in [0, 0.1) is 0 Å². The van der Waals surface area contributed by atoms with E-state index in [9.17, 15) is 0 Å². The van der Waals surface area contributed by atoms with Gasteiger partial charge in [-0.1, -0.05) is 105 Å². The third kappa shape index (κ3) is 11.4. The van der Waals surface area contributed by atoms with Gasteiger partial charge in [0.05, 0.1) is 13.7 Å². The van der Waals surface area contributed by atoms with E-state index in [-0.39, 0.29) is 0 Å². The van der Waals surface area contributed by atoms with Gasteiger partial charge in [0.25, 0.3) is 0 Å². The number of benzene rings is 3. The first kappa shape index (κ1) is 23.7. The first-order valence-corrected chi connectivity index (χ1v) is 11.1. The molecule has 0 fully saturated rings. The summed E-state index contributed by atoms with van der Waals surface area (Å²) in [7, 11) is 1.69. The van der Waals surface area contributed by atoms with Crippen LogP contribution < -0.4 is 4.74 Å². The van der Waals surface area contributed by atoms with Crippen molar-refractivity contribution in [2.45, 2.75) is 51.6 Å². The highest BCUT2D eigenvalue weighted by atomic mass is 16.5. The van der Waals surface area contributed by atoms with Gasteiger partial charge in [0, 0.05) is 6.61 Å². The van der Waals surface area contributed by atoms with E-state index in [0.717, 1.165) is 18.8 Å². The molecule has 3 rings (SSSR count). The minimum Gasteiger partial charge on any atom is -0.497 e. The predicted molar refractivity (Wildman–Crippen MR) is 127 cm³/mol. The largest absolute Gasteiger partial charge is 0.497 e. The van der Waals surface area contributed by atoms with Crippen molar-refractivity contribution in [1.29, 1.82) is 0 Å². The molecule has 0 radical (unpaired) electrons. The highest BCUT2D eigenvalue weighted by Crippen LogP contribution is 2.13. The van der Waals surface area contributed by atoms with Gasteiger partial charge in [0.1, 0.15) is 5.75 Å². The smallest absolute Gasteiger partial charge is 0.118 e. The third-order valence-corrected chi connectivity index (χ3v) is 4.94. The van der Waals surface area contributed by atoms with Crippen LogP contribution in [-0.2, 0) is 17.8 Å². The van der Waals surface area contributed by atoms with Crippen molar-refractivity contribution in [2.75, 3.05) is 13.7 Å². The quantitative estimate of drug-likeness (QED) is 0.291. The zero-order valence-electron chi connectivity index (χ0n) is 18.3. The SMILES string of the molecule is COc1ccc(COCCCCCCCCc2ccccc2)cc1.c1ccccc1. The summed E-state index contributed by atoms with van der Waals surface area (Å²) in [4.78, 5) is 0. The fourth-order valence-electron chi connectivity index (χ4n) is 3.18. The van der Waals surface area contributed by atoms with Crippen LogP contribution in [0.2, 0.25) is 0 Å². The Labute approximate surface area is 182 Å². The molecule has 3 aromatic rings. The van der Waals surface area contributed by atoms with Gasteiger partial charge in [-0.15, -0.1) is 0 Å². The van der Waals surface area contributed by atoms with E-state index in [1.807, 2.05) is 48.5 Å². The minimum absolute atomic E-state index is 0.696. The van der Waals surface area contributed by atoms with Crippen LogP contribution in [-0.4, -0.2) is 13.7 Å². The average Bonchev–Trinajstić information content (AvgIpc) is 2.83. The predicted octanol–water partition coefficient (Wildman–Crippen LogP) is 7.48. The highest BCUT2D eigenvalue weighted by molar-refractivity contribution is 5.26. The van der Waals surface area contributed by atoms with Crippen LogP contribution in [0.1, 0.15) is 49.7 Å². The normalized spacial score (nSPS) is 10.2. The molecule has 0 bridgehead atoms. The minimum atomic E-state index is 0.696. The number of unbranched alkanes of at least 4 members (excludes halogenated alkanes) is 5. The van der Waals surface area contributed by atoms with Crippen molar-refractivity contribution in [3.63, 3.8) is 0 Å². The molecule has 0 spiro atoms. The summed E-state index contributed by atoms with van der Waals surface area (Å²) in [5, 5.41) is 0. The molecule has 3 aromatic carbocycles. The summed E-state index contributed by atoms with van der Waals surface area (Å²) in [6, 6.07) is 30.9. The van der Waals surface area contributed by atoms with Crippen LogP contribution in [0.25, 0.3) is 0 Å². The molecule has 160 valence electrons. The van der Waals surface area contributed by atoms with Crippen LogP contribution >= 0.6 is 0 Å². The Hall–Kier alpha value is -2.58. The van der Waals surface area contributed by atoms with Gasteiger partial charge in [-0.2, -0.15) is 0 Å². The second-order valence-corrected chi connectivity index (χ2v) is 7.41. The Kier molecular flexibility index (Phi) is 12.8. The summed E-state index contributed by atoms with van der Waals surface area (Å²) in [6.45, 7) is 1.55. The number of ether oxygens (including phenoxy) is 2. The summed E-state index contributed by atoms with van der Waals surface area (Å²) < 4.78 is 10.9. The lowest BCUT2D eigenvalue weighted by Crippen LogP contribution is -1.96. The van der Waals surface area contributed by atoms with Crippen molar-refractivity contribution < 1.29 is 9.47 Å². The molecule has 0 N–H and O–H groups in total. The number of rotatable bonds is 12. The van der Waals surface area contributed by atoms with E-state index in [1.54, 1.807) is 7.11 Å². The van der Waals surface area contributed by atoms with E-state index in [4.69, 9.17) is 9.47 Å². The lowest BCUT2D eigenvalue weighted by Gasteiger charge is -2.06. The molecule has 0 amide bonds. The topological polar surface area (TPSA) is 18.5 Å². The first-order chi connectivity index (χ1) is 14.9. The standard InChI is InChI=1S/C22H30O2.C6H6/c1-23-22-16-14-21(15-17-22)19-24-18-10-5-3-2-4-7-11-20-12-8-6-9-13-20;1-2-4-6-5-3-1/h6,8-9,12-17H,2-5,7,10-11,18-19H2,1H3;1-6H. The van der Waals surface area contributed by atoms with E-state index in [0.29, 0.717) is 6.61 Å². The molecular weight excluding hydrogens is 368 g/mol. The van der Waals surface area contributed by atoms with Crippen molar-refractivity contribution in [2.24, 2.45) is 0 Å². The second-order valence-electron chi connectivity index (χ2n) is 7.41. The third-order valence-electron chi connectivity index (χ3n) is 4.94. The van der Waals surface area contributed by atoms with Gasteiger partial charge in [0.15, 0.2) is 0 Å². The molecule has 0 heterocycles. The molecule has 0 saturated carbocycles. The highest BCUT2D eigenvalue weighted by Gasteiger charge is 1.96. The lowest BCUT2D eigenvalue weighted by atomic mass is 10.1. The summed E-state index contributed by atoms with van der Waals surface area (Å²) in [6.07, 6.45) is 8.94. The Bertz CT molecular complexity index is 712. The molecule has 0 aliphatic heterocycles. The number of hydrogen-bond donors (Lipinski definition) is 0. The molecule has 2 nitrogen and oxygen atoms in total. The van der Waals surface area contributed by atoms with Crippen LogP contribution in [0.3, 0.4) is 0 Å². The van der Waals surface area contributed by atoms with Crippen LogP contribution in [0.15, 0.2) is 91.0 Å². The Morgan fingerprint density at radius 1 is 0.533 bits per heavy atom. The fraction of sp³-hybridized carbons (Fsp3) is 0.357. The van der Waals surface area contributed by atoms with Crippen molar-refractivity contribution in [1.82, 2.24) is 0 Å². The van der Waals surface area contributed by atoms with Crippen LogP contribution in [0.4, 0.5) is 0 Å². The second kappa shape index (κ2) is 16.2. The van der Waals surface area contributed by atoms with Gasteiger partial charge < -0.3 is 9.47 Å². The molecule has 30 heavy (non-hydrogen) atoms. The molecule has 0 aliphatic carbocycles. The lowest BCUT2D eigenvalue weighted by molar-refractivity contribution is 0.116. The maximum absolute atomic E-state index is 5.74.